The van der Waals surface area contributed by atoms with Crippen molar-refractivity contribution in [1.82, 2.24) is 24.6 Å². The molecule has 0 saturated heterocycles. The Labute approximate surface area is 162 Å². The van der Waals surface area contributed by atoms with Crippen molar-refractivity contribution >= 4 is 11.7 Å². The monoisotopic (exact) mass is 378 g/mol. The fraction of sp³-hybridized carbons (Fsp3) is 0.400. The van der Waals surface area contributed by atoms with Gasteiger partial charge in [0.1, 0.15) is 12.0 Å². The molecule has 1 fully saturated rings. The number of hydrogen-bond acceptors (Lipinski definition) is 5. The highest BCUT2D eigenvalue weighted by Gasteiger charge is 2.34. The number of carbonyl (C=O) groups excluding carboxylic acids is 1. The molecule has 0 N–H and O–H groups in total. The summed E-state index contributed by atoms with van der Waals surface area (Å²) < 4.78 is 7.44. The molecule has 0 spiro atoms. The highest BCUT2D eigenvalue weighted by molar-refractivity contribution is 5.95. The molecule has 8 heteroatoms. The first-order chi connectivity index (χ1) is 13.7. The first-order valence-corrected chi connectivity index (χ1v) is 9.77. The van der Waals surface area contributed by atoms with E-state index in [4.69, 9.17) is 4.52 Å². The van der Waals surface area contributed by atoms with E-state index in [1.165, 1.54) is 0 Å². The zero-order valence-corrected chi connectivity index (χ0v) is 16.0. The van der Waals surface area contributed by atoms with Crippen LogP contribution in [0.25, 0.3) is 17.2 Å². The molecule has 2 amide bonds. The predicted molar refractivity (Wildman–Crippen MR) is 103 cm³/mol. The van der Waals surface area contributed by atoms with Gasteiger partial charge in [0.15, 0.2) is 0 Å². The second kappa shape index (κ2) is 6.47. The number of rotatable bonds is 4. The summed E-state index contributed by atoms with van der Waals surface area (Å²) in [5, 5.41) is 4.15. The van der Waals surface area contributed by atoms with Gasteiger partial charge in [-0.3, -0.25) is 9.47 Å². The number of carbonyl (C=O) groups is 1. The third-order valence-corrected chi connectivity index (χ3v) is 5.45. The maximum Gasteiger partial charge on any atom is 0.324 e. The molecule has 1 aliphatic carbocycles. The molecule has 2 aliphatic rings. The number of urea groups is 1. The normalized spacial score (nSPS) is 15.3. The van der Waals surface area contributed by atoms with E-state index in [0.717, 1.165) is 29.9 Å². The lowest BCUT2D eigenvalue weighted by Crippen LogP contribution is -2.44. The van der Waals surface area contributed by atoms with Crippen molar-refractivity contribution in [3.8, 4) is 17.2 Å². The second-order valence-corrected chi connectivity index (χ2v) is 7.17. The molecular formula is C20H22N6O2. The van der Waals surface area contributed by atoms with E-state index >= 15 is 0 Å². The number of benzene rings is 1. The lowest BCUT2D eigenvalue weighted by atomic mass is 10.1. The van der Waals surface area contributed by atoms with E-state index in [-0.39, 0.29) is 6.03 Å². The number of fused-ring (bicyclic) bond motifs is 3. The molecule has 3 heterocycles. The standard InChI is InChI=1S/C20H22N6O2/c1-3-24(4-2)20(27)25-11-16-17(18-22-19(28-23-18)13-9-10-13)21-12-26(16)15-8-6-5-7-14(15)25/h5-8,12-13H,3-4,9-11H2,1-2H3. The van der Waals surface area contributed by atoms with E-state index in [2.05, 4.69) is 15.1 Å². The molecule has 5 rings (SSSR count). The molecule has 144 valence electrons. The minimum absolute atomic E-state index is 0.0115. The number of anilines is 1. The van der Waals surface area contributed by atoms with Gasteiger partial charge in [-0.1, -0.05) is 17.3 Å². The number of nitrogens with zero attached hydrogens (tertiary/aromatic N) is 6. The van der Waals surface area contributed by atoms with Crippen LogP contribution in [0.4, 0.5) is 10.5 Å². The zero-order valence-electron chi connectivity index (χ0n) is 16.0. The Morgan fingerprint density at radius 1 is 1.21 bits per heavy atom. The summed E-state index contributed by atoms with van der Waals surface area (Å²) in [6.07, 6.45) is 3.97. The largest absolute Gasteiger partial charge is 0.339 e. The van der Waals surface area contributed by atoms with Gasteiger partial charge in [-0.05, 0) is 38.8 Å². The Bertz CT molecular complexity index is 1030. The molecular weight excluding hydrogens is 356 g/mol. The Morgan fingerprint density at radius 3 is 2.68 bits per heavy atom. The lowest BCUT2D eigenvalue weighted by molar-refractivity contribution is 0.209. The summed E-state index contributed by atoms with van der Waals surface area (Å²) in [6.45, 7) is 5.72. The first kappa shape index (κ1) is 17.0. The van der Waals surface area contributed by atoms with Gasteiger partial charge >= 0.3 is 6.03 Å². The summed E-state index contributed by atoms with van der Waals surface area (Å²) in [5.41, 5.74) is 3.36. The van der Waals surface area contributed by atoms with Gasteiger partial charge in [0.05, 0.1) is 23.6 Å². The molecule has 1 aromatic carbocycles. The van der Waals surface area contributed by atoms with E-state index in [0.29, 0.717) is 43.0 Å². The fourth-order valence-corrected chi connectivity index (χ4v) is 3.71. The number of amides is 2. The van der Waals surface area contributed by atoms with Crippen LogP contribution in [-0.4, -0.2) is 43.7 Å². The number of para-hydroxylation sites is 2. The summed E-state index contributed by atoms with van der Waals surface area (Å²) in [7, 11) is 0. The van der Waals surface area contributed by atoms with Crippen LogP contribution in [0.2, 0.25) is 0 Å². The summed E-state index contributed by atoms with van der Waals surface area (Å²) >= 11 is 0. The van der Waals surface area contributed by atoms with Crippen molar-refractivity contribution in [1.29, 1.82) is 0 Å². The minimum Gasteiger partial charge on any atom is -0.339 e. The van der Waals surface area contributed by atoms with Gasteiger partial charge in [-0.15, -0.1) is 0 Å². The van der Waals surface area contributed by atoms with E-state index in [9.17, 15) is 4.79 Å². The number of imidazole rings is 1. The molecule has 28 heavy (non-hydrogen) atoms. The van der Waals surface area contributed by atoms with Gasteiger partial charge in [0, 0.05) is 19.0 Å². The summed E-state index contributed by atoms with van der Waals surface area (Å²) in [5.74, 6) is 1.57. The van der Waals surface area contributed by atoms with E-state index < -0.39 is 0 Å². The summed E-state index contributed by atoms with van der Waals surface area (Å²) in [4.78, 5) is 25.9. The Balaban J connectivity index is 1.58. The molecule has 0 atom stereocenters. The van der Waals surface area contributed by atoms with Crippen LogP contribution in [0.3, 0.4) is 0 Å². The Morgan fingerprint density at radius 2 is 1.96 bits per heavy atom. The van der Waals surface area contributed by atoms with Crippen LogP contribution in [0, 0.1) is 0 Å². The lowest BCUT2D eigenvalue weighted by Gasteiger charge is -2.34. The second-order valence-electron chi connectivity index (χ2n) is 7.17. The van der Waals surface area contributed by atoms with E-state index in [1.807, 2.05) is 52.5 Å². The SMILES string of the molecule is CCN(CC)C(=O)N1Cc2c(-c3noc(C4CC4)n3)ncn2-c2ccccc21. The van der Waals surface area contributed by atoms with Gasteiger partial charge in [-0.2, -0.15) is 4.98 Å². The Kier molecular flexibility index (Phi) is 3.92. The molecule has 1 aliphatic heterocycles. The summed E-state index contributed by atoms with van der Waals surface area (Å²) in [6, 6.07) is 7.87. The number of aromatic nitrogens is 4. The van der Waals surface area contributed by atoms with Crippen molar-refractivity contribution < 1.29 is 9.32 Å². The van der Waals surface area contributed by atoms with Crippen molar-refractivity contribution in [2.24, 2.45) is 0 Å². The van der Waals surface area contributed by atoms with Crippen molar-refractivity contribution in [2.45, 2.75) is 39.2 Å². The van der Waals surface area contributed by atoms with Gasteiger partial charge in [0.25, 0.3) is 0 Å². The van der Waals surface area contributed by atoms with Crippen LogP contribution >= 0.6 is 0 Å². The molecule has 2 aromatic heterocycles. The average Bonchev–Trinajstić information content (AvgIpc) is 3.30. The Hall–Kier alpha value is -3.16. The average molecular weight is 378 g/mol. The van der Waals surface area contributed by atoms with Crippen LogP contribution in [0.5, 0.6) is 0 Å². The molecule has 0 bridgehead atoms. The molecule has 8 nitrogen and oxygen atoms in total. The maximum absolute atomic E-state index is 13.2. The van der Waals surface area contributed by atoms with Crippen LogP contribution in [0.15, 0.2) is 35.1 Å². The molecule has 3 aromatic rings. The maximum atomic E-state index is 13.2. The third kappa shape index (κ3) is 2.59. The van der Waals surface area contributed by atoms with Crippen LogP contribution < -0.4 is 4.90 Å². The molecule has 0 radical (unpaired) electrons. The quantitative estimate of drug-likeness (QED) is 0.693. The minimum atomic E-state index is -0.0115. The van der Waals surface area contributed by atoms with Crippen LogP contribution in [0.1, 0.15) is 44.2 Å². The van der Waals surface area contributed by atoms with Crippen molar-refractivity contribution in [3.63, 3.8) is 0 Å². The number of hydrogen-bond donors (Lipinski definition) is 0. The van der Waals surface area contributed by atoms with Gasteiger partial charge in [-0.25, -0.2) is 9.78 Å². The topological polar surface area (TPSA) is 80.3 Å². The highest BCUT2D eigenvalue weighted by atomic mass is 16.5. The molecule has 0 unspecified atom stereocenters. The smallest absolute Gasteiger partial charge is 0.324 e. The highest BCUT2D eigenvalue weighted by Crippen LogP contribution is 2.40. The van der Waals surface area contributed by atoms with Gasteiger partial charge in [0.2, 0.25) is 11.7 Å². The first-order valence-electron chi connectivity index (χ1n) is 9.77. The fourth-order valence-electron chi connectivity index (χ4n) is 3.71. The zero-order chi connectivity index (χ0) is 19.3. The van der Waals surface area contributed by atoms with Crippen LogP contribution in [-0.2, 0) is 6.54 Å². The molecule has 1 saturated carbocycles. The van der Waals surface area contributed by atoms with Crippen molar-refractivity contribution in [3.05, 3.63) is 42.2 Å². The predicted octanol–water partition coefficient (Wildman–Crippen LogP) is 3.58. The van der Waals surface area contributed by atoms with Gasteiger partial charge < -0.3 is 9.42 Å². The van der Waals surface area contributed by atoms with E-state index in [1.54, 1.807) is 6.33 Å². The third-order valence-electron chi connectivity index (χ3n) is 5.45. The van der Waals surface area contributed by atoms with Crippen molar-refractivity contribution in [2.75, 3.05) is 18.0 Å².